The second kappa shape index (κ2) is 7.61. The lowest BCUT2D eigenvalue weighted by atomic mass is 10.3. The highest BCUT2D eigenvalue weighted by Crippen LogP contribution is 2.23. The van der Waals surface area contributed by atoms with Gasteiger partial charge in [-0.1, -0.05) is 11.6 Å². The maximum Gasteiger partial charge on any atom is 0.243 e. The molecule has 0 amide bonds. The summed E-state index contributed by atoms with van der Waals surface area (Å²) < 4.78 is 27.1. The van der Waals surface area contributed by atoms with Crippen molar-refractivity contribution in [1.29, 1.82) is 0 Å². The van der Waals surface area contributed by atoms with Gasteiger partial charge in [-0.3, -0.25) is 0 Å². The molecular weight excluding hydrogens is 386 g/mol. The zero-order chi connectivity index (χ0) is 18.9. The molecule has 0 radical (unpaired) electrons. The summed E-state index contributed by atoms with van der Waals surface area (Å²) in [5.41, 5.74) is 0. The van der Waals surface area contributed by atoms with Crippen LogP contribution in [0.1, 0.15) is 12.8 Å². The second-order valence-electron chi connectivity index (χ2n) is 6.75. The first-order valence-electron chi connectivity index (χ1n) is 9.13. The number of nitrogens with zero attached hydrogens (tertiary/aromatic N) is 5. The van der Waals surface area contributed by atoms with E-state index in [1.165, 1.54) is 17.1 Å². The molecule has 7 nitrogen and oxygen atoms in total. The van der Waals surface area contributed by atoms with Gasteiger partial charge >= 0.3 is 0 Å². The molecule has 1 aromatic heterocycles. The van der Waals surface area contributed by atoms with Gasteiger partial charge in [0.15, 0.2) is 0 Å². The zero-order valence-electron chi connectivity index (χ0n) is 15.0. The van der Waals surface area contributed by atoms with Crippen LogP contribution >= 0.6 is 11.6 Å². The number of hydrogen-bond donors (Lipinski definition) is 0. The SMILES string of the molecule is O=S(=O)(c1ccc(Cl)cc1)N1CCN(c2ccnc(N3CCCC3)n2)CC1. The minimum atomic E-state index is -3.50. The van der Waals surface area contributed by atoms with Crippen LogP contribution in [0.15, 0.2) is 41.4 Å². The summed E-state index contributed by atoms with van der Waals surface area (Å²) in [5, 5.41) is 0.524. The van der Waals surface area contributed by atoms with Crippen molar-refractivity contribution in [3.63, 3.8) is 0 Å². The number of hydrogen-bond acceptors (Lipinski definition) is 6. The first-order chi connectivity index (χ1) is 13.0. The van der Waals surface area contributed by atoms with Crippen molar-refractivity contribution in [2.75, 3.05) is 49.1 Å². The predicted molar refractivity (Wildman–Crippen MR) is 106 cm³/mol. The molecule has 27 heavy (non-hydrogen) atoms. The summed E-state index contributed by atoms with van der Waals surface area (Å²) in [6.07, 6.45) is 4.14. The van der Waals surface area contributed by atoms with Crippen molar-refractivity contribution in [3.8, 4) is 0 Å². The minimum absolute atomic E-state index is 0.277. The van der Waals surface area contributed by atoms with E-state index in [1.807, 2.05) is 6.07 Å². The Hall–Kier alpha value is -1.90. The highest BCUT2D eigenvalue weighted by molar-refractivity contribution is 7.89. The number of benzene rings is 1. The minimum Gasteiger partial charge on any atom is -0.354 e. The molecule has 2 saturated heterocycles. The smallest absolute Gasteiger partial charge is 0.243 e. The number of sulfonamides is 1. The molecule has 2 aliphatic heterocycles. The molecule has 0 aliphatic carbocycles. The third kappa shape index (κ3) is 3.88. The van der Waals surface area contributed by atoms with Crippen LogP contribution in [0.3, 0.4) is 0 Å². The van der Waals surface area contributed by atoms with Crippen LogP contribution in [0.5, 0.6) is 0 Å². The van der Waals surface area contributed by atoms with Gasteiger partial charge < -0.3 is 9.80 Å². The monoisotopic (exact) mass is 407 g/mol. The van der Waals surface area contributed by atoms with E-state index in [9.17, 15) is 8.42 Å². The van der Waals surface area contributed by atoms with E-state index in [-0.39, 0.29) is 4.90 Å². The van der Waals surface area contributed by atoms with Gasteiger partial charge in [-0.25, -0.2) is 13.4 Å². The molecule has 0 bridgehead atoms. The Morgan fingerprint density at radius 2 is 1.52 bits per heavy atom. The fraction of sp³-hybridized carbons (Fsp3) is 0.444. The highest BCUT2D eigenvalue weighted by Gasteiger charge is 2.29. The largest absolute Gasteiger partial charge is 0.354 e. The van der Waals surface area contributed by atoms with Crippen LogP contribution in [0.2, 0.25) is 5.02 Å². The van der Waals surface area contributed by atoms with Crippen molar-refractivity contribution < 1.29 is 8.42 Å². The topological polar surface area (TPSA) is 69.6 Å². The Morgan fingerprint density at radius 3 is 2.19 bits per heavy atom. The fourth-order valence-electron chi connectivity index (χ4n) is 3.50. The predicted octanol–water partition coefficient (Wildman–Crippen LogP) is 2.24. The number of aromatic nitrogens is 2. The Labute approximate surface area is 164 Å². The van der Waals surface area contributed by atoms with Crippen molar-refractivity contribution in [3.05, 3.63) is 41.6 Å². The van der Waals surface area contributed by atoms with Crippen LogP contribution in [-0.2, 0) is 10.0 Å². The van der Waals surface area contributed by atoms with Crippen LogP contribution in [0, 0.1) is 0 Å². The van der Waals surface area contributed by atoms with Gasteiger partial charge in [0.25, 0.3) is 0 Å². The molecule has 2 aromatic rings. The van der Waals surface area contributed by atoms with E-state index in [0.29, 0.717) is 31.2 Å². The second-order valence-corrected chi connectivity index (χ2v) is 9.13. The number of rotatable bonds is 4. The van der Waals surface area contributed by atoms with Gasteiger partial charge in [0.2, 0.25) is 16.0 Å². The molecule has 2 fully saturated rings. The Morgan fingerprint density at radius 1 is 0.852 bits per heavy atom. The lowest BCUT2D eigenvalue weighted by Crippen LogP contribution is -2.49. The first-order valence-corrected chi connectivity index (χ1v) is 10.9. The summed E-state index contributed by atoms with van der Waals surface area (Å²) in [6.45, 7) is 4.04. The molecule has 2 aliphatic rings. The Kier molecular flexibility index (Phi) is 5.21. The molecule has 3 heterocycles. The Bertz CT molecular complexity index is 892. The van der Waals surface area contributed by atoms with Crippen molar-refractivity contribution in [1.82, 2.24) is 14.3 Å². The highest BCUT2D eigenvalue weighted by atomic mass is 35.5. The van der Waals surface area contributed by atoms with Gasteiger partial charge in [-0.05, 0) is 43.2 Å². The molecule has 144 valence electrons. The molecule has 0 N–H and O–H groups in total. The normalized spacial score (nSPS) is 18.9. The van der Waals surface area contributed by atoms with E-state index < -0.39 is 10.0 Å². The van der Waals surface area contributed by atoms with E-state index >= 15 is 0 Å². The van der Waals surface area contributed by atoms with Crippen molar-refractivity contribution >= 4 is 33.4 Å². The number of piperazine rings is 1. The van der Waals surface area contributed by atoms with Crippen molar-refractivity contribution in [2.24, 2.45) is 0 Å². The van der Waals surface area contributed by atoms with E-state index in [0.717, 1.165) is 24.9 Å². The number of halogens is 1. The van der Waals surface area contributed by atoms with Gasteiger partial charge in [0.05, 0.1) is 4.90 Å². The number of anilines is 2. The van der Waals surface area contributed by atoms with Gasteiger partial charge in [-0.15, -0.1) is 0 Å². The lowest BCUT2D eigenvalue weighted by Gasteiger charge is -2.34. The van der Waals surface area contributed by atoms with Gasteiger partial charge in [-0.2, -0.15) is 9.29 Å². The molecule has 0 spiro atoms. The molecule has 4 rings (SSSR count). The molecule has 0 saturated carbocycles. The Balaban J connectivity index is 1.44. The summed E-state index contributed by atoms with van der Waals surface area (Å²) >= 11 is 5.86. The van der Waals surface area contributed by atoms with Crippen molar-refractivity contribution in [2.45, 2.75) is 17.7 Å². The van der Waals surface area contributed by atoms with Crippen LogP contribution in [-0.4, -0.2) is 62.0 Å². The summed E-state index contributed by atoms with van der Waals surface area (Å²) in [5.74, 6) is 1.62. The third-order valence-electron chi connectivity index (χ3n) is 5.03. The average molecular weight is 408 g/mol. The first kappa shape index (κ1) is 18.5. The third-order valence-corrected chi connectivity index (χ3v) is 7.20. The standard InChI is InChI=1S/C18H22ClN5O2S/c19-15-3-5-16(6-4-15)27(25,26)24-13-11-22(12-14-24)17-7-8-20-18(21-17)23-9-1-2-10-23/h3-8H,1-2,9-14H2. The van der Waals surface area contributed by atoms with E-state index in [4.69, 9.17) is 16.6 Å². The zero-order valence-corrected chi connectivity index (χ0v) is 16.5. The van der Waals surface area contributed by atoms with Crippen LogP contribution < -0.4 is 9.80 Å². The van der Waals surface area contributed by atoms with Gasteiger partial charge in [0, 0.05) is 50.5 Å². The van der Waals surface area contributed by atoms with Crippen LogP contribution in [0.4, 0.5) is 11.8 Å². The van der Waals surface area contributed by atoms with Gasteiger partial charge in [0.1, 0.15) is 5.82 Å². The van der Waals surface area contributed by atoms with Crippen LogP contribution in [0.25, 0.3) is 0 Å². The fourth-order valence-corrected chi connectivity index (χ4v) is 5.05. The summed E-state index contributed by atoms with van der Waals surface area (Å²) in [4.78, 5) is 13.7. The molecule has 1 aromatic carbocycles. The maximum absolute atomic E-state index is 12.8. The molecule has 9 heteroatoms. The average Bonchev–Trinajstić information content (AvgIpc) is 3.23. The molecule has 0 unspecified atom stereocenters. The maximum atomic E-state index is 12.8. The molecule has 0 atom stereocenters. The summed E-state index contributed by atoms with van der Waals surface area (Å²) in [7, 11) is -3.50. The van der Waals surface area contributed by atoms with E-state index in [1.54, 1.807) is 30.5 Å². The lowest BCUT2D eigenvalue weighted by molar-refractivity contribution is 0.384. The van der Waals surface area contributed by atoms with E-state index in [2.05, 4.69) is 14.8 Å². The quantitative estimate of drug-likeness (QED) is 0.774. The summed E-state index contributed by atoms with van der Waals surface area (Å²) in [6, 6.07) is 8.20. The molecular formula is C18H22ClN5O2S.